The van der Waals surface area contributed by atoms with Gasteiger partial charge in [0.1, 0.15) is 23.0 Å². The number of carbonyl (C=O) groups is 9. The zero-order valence-corrected chi connectivity index (χ0v) is 54.9. The van der Waals surface area contributed by atoms with Crippen molar-refractivity contribution >= 4 is 70.5 Å². The molecule has 0 aliphatic carbocycles. The van der Waals surface area contributed by atoms with E-state index in [-0.39, 0.29) is 178 Å². The normalized spacial score (nSPS) is 12.0. The smallest absolute Gasteiger partial charge is 0.255 e. The van der Waals surface area contributed by atoms with Crippen LogP contribution < -0.4 is 91.4 Å². The number of guanidine groups is 3. The number of benzene rings is 4. The summed E-state index contributed by atoms with van der Waals surface area (Å²) in [6.07, 6.45) is 3.62. The molecule has 516 valence electrons. The number of ether oxygens (including phenoxy) is 4. The van der Waals surface area contributed by atoms with Crippen LogP contribution in [0.25, 0.3) is 0 Å². The molecule has 4 aromatic carbocycles. The van der Waals surface area contributed by atoms with E-state index >= 15 is 0 Å². The third-order valence-electron chi connectivity index (χ3n) is 15.1. The summed E-state index contributed by atoms with van der Waals surface area (Å²) in [6.45, 7) is 2.95. The highest BCUT2D eigenvalue weighted by atomic mass is 16.5. The summed E-state index contributed by atoms with van der Waals surface area (Å²) in [4.78, 5) is 137. The summed E-state index contributed by atoms with van der Waals surface area (Å²) in [5.74, 6) is -4.37. The molecule has 95 heavy (non-hydrogen) atoms. The number of nitrogens with one attached hydrogen (secondary N) is 5. The standard InChI is InChI=1S/C66H94N16O13/c1-39(79-59(87)16-8-6-7-9-25-67)51(83)35-40-17-22-56(93-3)45(32-40)61(89)80-49(14-11-28-77-65(71)72)53(85)37-42-19-24-58(95-5)47(34-42)63(91)82-50(15-12-29-78-66(73)74)54(86)38-43-20-23-57(94-4)46(33-43)62(90)81-48(13-10-27-76-64(69)70)52(84)36-41-18-21-55(92-2)44(31-41)60(88)75-30-26-68/h17-24,31-34,39,48-50H,6-16,25-30,35-38,67-68H2,1-5H3,(H,75,88)(H,79,87)(H,80,89)(H,81,90)(H,82,91)(H4,69,70,76)(H4,71,72,77)(H4,73,74,78)/t39-,48-,49-,50-/m1/s1. The minimum atomic E-state index is -1.18. The Hall–Kier alpha value is -10.2. The van der Waals surface area contributed by atoms with Crippen molar-refractivity contribution in [3.05, 3.63) is 117 Å². The van der Waals surface area contributed by atoms with Crippen LogP contribution in [-0.2, 0) is 49.7 Å². The molecule has 4 rings (SSSR count). The summed E-state index contributed by atoms with van der Waals surface area (Å²) in [5, 5.41) is 13.9. The first-order valence-electron chi connectivity index (χ1n) is 31.3. The van der Waals surface area contributed by atoms with Crippen molar-refractivity contribution in [2.75, 3.05) is 67.7 Å². The van der Waals surface area contributed by atoms with E-state index in [1.807, 2.05) is 0 Å². The van der Waals surface area contributed by atoms with Crippen molar-refractivity contribution in [1.82, 2.24) is 26.6 Å². The molecule has 29 nitrogen and oxygen atoms in total. The third-order valence-corrected chi connectivity index (χ3v) is 15.1. The number of hydrogen-bond acceptors (Lipinski definition) is 18. The second-order valence-electron chi connectivity index (χ2n) is 22.4. The van der Waals surface area contributed by atoms with Gasteiger partial charge in [-0.3, -0.25) is 58.1 Å². The Morgan fingerprint density at radius 1 is 0.400 bits per heavy atom. The first-order valence-corrected chi connectivity index (χ1v) is 31.3. The van der Waals surface area contributed by atoms with Crippen LogP contribution in [0.4, 0.5) is 0 Å². The van der Waals surface area contributed by atoms with Crippen LogP contribution in [0.15, 0.2) is 87.8 Å². The average Bonchev–Trinajstić information content (AvgIpc) is 0.954. The van der Waals surface area contributed by atoms with Gasteiger partial charge in [-0.05, 0) is 136 Å². The van der Waals surface area contributed by atoms with Gasteiger partial charge in [0.05, 0.1) is 74.9 Å². The number of rotatable bonds is 44. The number of carbonyl (C=O) groups excluding carboxylic acids is 9. The second-order valence-corrected chi connectivity index (χ2v) is 22.4. The van der Waals surface area contributed by atoms with Crippen molar-refractivity contribution in [1.29, 1.82) is 0 Å². The molecule has 0 unspecified atom stereocenters. The van der Waals surface area contributed by atoms with Crippen molar-refractivity contribution in [3.63, 3.8) is 0 Å². The zero-order chi connectivity index (χ0) is 70.0. The summed E-state index contributed by atoms with van der Waals surface area (Å²) in [7, 11) is 5.47. The predicted octanol–water partition coefficient (Wildman–Crippen LogP) is 0.826. The van der Waals surface area contributed by atoms with Crippen LogP contribution in [0.1, 0.15) is 141 Å². The van der Waals surface area contributed by atoms with Gasteiger partial charge < -0.3 is 91.4 Å². The van der Waals surface area contributed by atoms with Crippen LogP contribution in [0, 0.1) is 0 Å². The molecule has 0 aliphatic rings. The lowest BCUT2D eigenvalue weighted by Crippen LogP contribution is -2.42. The molecule has 0 aliphatic heterocycles. The number of methoxy groups -OCH3 is 4. The van der Waals surface area contributed by atoms with E-state index in [0.717, 1.165) is 19.3 Å². The fourth-order valence-electron chi connectivity index (χ4n) is 10.1. The molecule has 0 bridgehead atoms. The van der Waals surface area contributed by atoms with Gasteiger partial charge in [-0.2, -0.15) is 0 Å². The maximum Gasteiger partial charge on any atom is 0.255 e. The van der Waals surface area contributed by atoms with Gasteiger partial charge in [0.15, 0.2) is 41.0 Å². The largest absolute Gasteiger partial charge is 0.496 e. The second kappa shape index (κ2) is 40.7. The maximum atomic E-state index is 14.5. The molecule has 0 heterocycles. The fourth-order valence-corrected chi connectivity index (χ4v) is 10.1. The Morgan fingerprint density at radius 3 is 1.02 bits per heavy atom. The van der Waals surface area contributed by atoms with Gasteiger partial charge in [-0.25, -0.2) is 0 Å². The highest BCUT2D eigenvalue weighted by molar-refractivity contribution is 6.04. The van der Waals surface area contributed by atoms with E-state index in [1.165, 1.54) is 70.9 Å². The number of nitrogens with zero attached hydrogens (tertiary/aromatic N) is 3. The molecule has 5 amide bonds. The minimum absolute atomic E-state index is 0.0181. The summed E-state index contributed by atoms with van der Waals surface area (Å²) in [6, 6.07) is 14.1. The van der Waals surface area contributed by atoms with Crippen molar-refractivity contribution in [2.24, 2.45) is 60.8 Å². The summed E-state index contributed by atoms with van der Waals surface area (Å²) >= 11 is 0. The lowest BCUT2D eigenvalue weighted by molar-refractivity contribution is -0.127. The van der Waals surface area contributed by atoms with Gasteiger partial charge in [0.25, 0.3) is 23.6 Å². The molecule has 0 saturated heterocycles. The minimum Gasteiger partial charge on any atom is -0.496 e. The average molecular weight is 1320 g/mol. The number of nitrogens with two attached hydrogens (primary N) is 8. The van der Waals surface area contributed by atoms with Crippen LogP contribution in [0.5, 0.6) is 23.0 Å². The summed E-state index contributed by atoms with van der Waals surface area (Å²) in [5.41, 5.74) is 46.4. The highest BCUT2D eigenvalue weighted by Gasteiger charge is 2.29. The fraction of sp³-hybridized carbons (Fsp3) is 0.455. The molecule has 0 spiro atoms. The first kappa shape index (κ1) is 77.3. The summed E-state index contributed by atoms with van der Waals surface area (Å²) < 4.78 is 22.1. The Labute approximate surface area is 553 Å². The number of Topliss-reactive ketones (excluding diaryl/α,β-unsaturated/α-hetero) is 4. The first-order chi connectivity index (χ1) is 45.4. The maximum absolute atomic E-state index is 14.5. The van der Waals surface area contributed by atoms with E-state index in [4.69, 9.17) is 64.8 Å². The Morgan fingerprint density at radius 2 is 0.716 bits per heavy atom. The van der Waals surface area contributed by atoms with Gasteiger partial charge in [0.2, 0.25) is 5.91 Å². The topological polar surface area (TPSA) is 496 Å². The lowest BCUT2D eigenvalue weighted by Gasteiger charge is -2.21. The number of aliphatic imine (C=N–C) groups is 3. The molecule has 4 atom stereocenters. The molecule has 0 aromatic heterocycles. The zero-order valence-electron chi connectivity index (χ0n) is 54.9. The molecule has 4 aromatic rings. The van der Waals surface area contributed by atoms with Crippen molar-refractivity contribution < 1.29 is 62.1 Å². The monoisotopic (exact) mass is 1320 g/mol. The van der Waals surface area contributed by atoms with E-state index in [1.54, 1.807) is 37.3 Å². The molecular weight excluding hydrogens is 1220 g/mol. The Bertz CT molecular complexity index is 3380. The van der Waals surface area contributed by atoms with Gasteiger partial charge in [-0.1, -0.05) is 37.1 Å². The lowest BCUT2D eigenvalue weighted by atomic mass is 9.96. The van der Waals surface area contributed by atoms with Crippen LogP contribution >= 0.6 is 0 Å². The van der Waals surface area contributed by atoms with Crippen LogP contribution in [0.3, 0.4) is 0 Å². The SMILES string of the molecule is COc1ccc(CC(=O)[C@@H](CCCN=C(N)N)NC(=O)c2cc(CC(=O)[C@@H](CCCN=C(N)N)NC(=O)c3cc(CC(=O)[C@@H](CCCN=C(N)N)NC(=O)c4cc(CC(=O)[C@@H](C)NC(=O)CCCCCCN)ccc4OC)ccc3OC)ccc2OC)cc1C(=O)NCCN. The molecular formula is C66H94N16O13. The molecule has 0 saturated carbocycles. The highest BCUT2D eigenvalue weighted by Crippen LogP contribution is 2.27. The molecule has 0 fully saturated rings. The Kier molecular flexibility index (Phi) is 33.1. The molecule has 21 N–H and O–H groups in total. The third kappa shape index (κ3) is 26.4. The van der Waals surface area contributed by atoms with E-state index in [0.29, 0.717) is 35.2 Å². The van der Waals surface area contributed by atoms with Gasteiger partial charge in [0, 0.05) is 64.8 Å². The van der Waals surface area contributed by atoms with Crippen molar-refractivity contribution in [2.45, 2.75) is 127 Å². The van der Waals surface area contributed by atoms with Gasteiger partial charge >= 0.3 is 0 Å². The van der Waals surface area contributed by atoms with E-state index in [9.17, 15) is 43.2 Å². The van der Waals surface area contributed by atoms with E-state index < -0.39 is 65.1 Å². The Balaban J connectivity index is 1.59. The van der Waals surface area contributed by atoms with Crippen LogP contribution in [0.2, 0.25) is 0 Å². The van der Waals surface area contributed by atoms with E-state index in [2.05, 4.69) is 41.6 Å². The van der Waals surface area contributed by atoms with Gasteiger partial charge in [-0.15, -0.1) is 0 Å². The number of unbranched alkanes of at least 4 members (excludes halogenated alkanes) is 3. The predicted molar refractivity (Wildman–Crippen MR) is 361 cm³/mol. The molecule has 29 heteroatoms. The quantitative estimate of drug-likeness (QED) is 0.0166. The number of amides is 5. The number of ketones is 4. The van der Waals surface area contributed by atoms with Crippen LogP contribution in [-0.4, -0.2) is 162 Å². The number of hydrogen-bond donors (Lipinski definition) is 13. The molecule has 0 radical (unpaired) electrons. The van der Waals surface area contributed by atoms with Crippen molar-refractivity contribution in [3.8, 4) is 23.0 Å².